The molecule has 0 bridgehead atoms. The summed E-state index contributed by atoms with van der Waals surface area (Å²) in [7, 11) is 1.47. The van der Waals surface area contributed by atoms with Gasteiger partial charge in [-0.05, 0) is 29.3 Å². The Morgan fingerprint density at radius 2 is 1.90 bits per heavy atom. The number of benzene rings is 2. The number of hydrogen-bond acceptors (Lipinski definition) is 4. The minimum absolute atomic E-state index is 0.0255. The Balaban J connectivity index is 2.15. The smallest absolute Gasteiger partial charge is 0.273 e. The Kier molecular flexibility index (Phi) is 5.00. The van der Waals surface area contributed by atoms with Gasteiger partial charge >= 0.3 is 0 Å². The van der Waals surface area contributed by atoms with Crippen molar-refractivity contribution in [3.8, 4) is 11.5 Å². The highest BCUT2D eigenvalue weighted by Gasteiger charge is 2.10. The highest BCUT2D eigenvalue weighted by Crippen LogP contribution is 2.24. The normalized spacial score (nSPS) is 10.2. The van der Waals surface area contributed by atoms with Crippen LogP contribution < -0.4 is 9.47 Å². The van der Waals surface area contributed by atoms with Gasteiger partial charge in [-0.25, -0.2) is 0 Å². The maximum Gasteiger partial charge on any atom is 0.273 e. The Labute approximate surface area is 127 Å². The zero-order valence-corrected chi connectivity index (χ0v) is 12.2. The molecule has 0 spiro atoms. The Morgan fingerprint density at radius 1 is 1.14 bits per heavy atom. The topological polar surface area (TPSA) is 61.6 Å². The monoisotopic (exact) mass is 307 g/mol. The third-order valence-corrected chi connectivity index (χ3v) is 3.16. The van der Waals surface area contributed by atoms with Crippen molar-refractivity contribution < 1.29 is 14.4 Å². The molecule has 0 heterocycles. The van der Waals surface area contributed by atoms with Gasteiger partial charge in [0.05, 0.1) is 18.1 Å². The first-order valence-corrected chi connectivity index (χ1v) is 6.76. The van der Waals surface area contributed by atoms with Crippen molar-refractivity contribution in [2.75, 3.05) is 7.11 Å². The van der Waals surface area contributed by atoms with Crippen LogP contribution in [0.4, 0.5) is 5.69 Å². The van der Waals surface area contributed by atoms with E-state index in [0.29, 0.717) is 22.9 Å². The van der Waals surface area contributed by atoms with Crippen LogP contribution in [0.1, 0.15) is 11.1 Å². The number of halogens is 1. The zero-order chi connectivity index (χ0) is 15.2. The van der Waals surface area contributed by atoms with Gasteiger partial charge in [-0.1, -0.05) is 12.1 Å². The Morgan fingerprint density at radius 3 is 2.57 bits per heavy atom. The van der Waals surface area contributed by atoms with Crippen LogP contribution in [0.25, 0.3) is 0 Å². The van der Waals surface area contributed by atoms with E-state index in [9.17, 15) is 10.1 Å². The van der Waals surface area contributed by atoms with E-state index in [2.05, 4.69) is 0 Å². The second kappa shape index (κ2) is 6.95. The van der Waals surface area contributed by atoms with E-state index in [1.807, 2.05) is 24.3 Å². The molecule has 2 rings (SSSR count). The molecule has 21 heavy (non-hydrogen) atoms. The molecule has 5 nitrogen and oxygen atoms in total. The molecule has 0 fully saturated rings. The first-order valence-electron chi connectivity index (χ1n) is 6.22. The number of nitro benzene ring substituents is 1. The van der Waals surface area contributed by atoms with Gasteiger partial charge in [0.1, 0.15) is 18.1 Å². The summed E-state index contributed by atoms with van der Waals surface area (Å²) in [5.41, 5.74) is 1.59. The molecule has 2 aromatic carbocycles. The van der Waals surface area contributed by atoms with Gasteiger partial charge in [0.15, 0.2) is 0 Å². The van der Waals surface area contributed by atoms with Gasteiger partial charge in [-0.2, -0.15) is 0 Å². The van der Waals surface area contributed by atoms with Crippen molar-refractivity contribution in [3.63, 3.8) is 0 Å². The minimum Gasteiger partial charge on any atom is -0.496 e. The van der Waals surface area contributed by atoms with Gasteiger partial charge in [0, 0.05) is 11.9 Å². The average Bonchev–Trinajstić information content (AvgIpc) is 2.52. The molecule has 2 aromatic rings. The predicted molar refractivity (Wildman–Crippen MR) is 80.0 cm³/mol. The van der Waals surface area contributed by atoms with Crippen LogP contribution in [-0.2, 0) is 12.5 Å². The quantitative estimate of drug-likeness (QED) is 0.461. The maximum absolute atomic E-state index is 10.9. The highest BCUT2D eigenvalue weighted by molar-refractivity contribution is 6.17. The van der Waals surface area contributed by atoms with Crippen molar-refractivity contribution in [2.45, 2.75) is 12.5 Å². The largest absolute Gasteiger partial charge is 0.496 e. The van der Waals surface area contributed by atoms with Crippen molar-refractivity contribution >= 4 is 17.3 Å². The predicted octanol–water partition coefficient (Wildman–Crippen LogP) is 3.92. The van der Waals surface area contributed by atoms with E-state index >= 15 is 0 Å². The molecule has 0 radical (unpaired) electrons. The van der Waals surface area contributed by atoms with Crippen molar-refractivity contribution in [2.24, 2.45) is 0 Å². The van der Waals surface area contributed by atoms with E-state index in [1.165, 1.54) is 19.2 Å². The minimum atomic E-state index is -0.458. The molecule has 6 heteroatoms. The lowest BCUT2D eigenvalue weighted by Crippen LogP contribution is -1.98. The van der Waals surface area contributed by atoms with E-state index in [0.717, 1.165) is 5.56 Å². The number of alkyl halides is 1. The first kappa shape index (κ1) is 15.1. The SMILES string of the molecule is COc1cc(COc2cccc(CCl)c2)cc([N+](=O)[O-])c1. The van der Waals surface area contributed by atoms with Crippen molar-refractivity contribution in [1.29, 1.82) is 0 Å². The van der Waals surface area contributed by atoms with Crippen LogP contribution in [-0.4, -0.2) is 12.0 Å². The molecular weight excluding hydrogens is 294 g/mol. The molecule has 0 saturated heterocycles. The van der Waals surface area contributed by atoms with Crippen molar-refractivity contribution in [1.82, 2.24) is 0 Å². The highest BCUT2D eigenvalue weighted by atomic mass is 35.5. The molecule has 0 atom stereocenters. The first-order chi connectivity index (χ1) is 10.1. The fourth-order valence-electron chi connectivity index (χ4n) is 1.84. The standard InChI is InChI=1S/C15H14ClNO4/c1-20-15-7-12(5-13(8-15)17(18)19)10-21-14-4-2-3-11(6-14)9-16/h2-8H,9-10H2,1H3. The summed E-state index contributed by atoms with van der Waals surface area (Å²) in [6.07, 6.45) is 0. The van der Waals surface area contributed by atoms with Crippen LogP contribution >= 0.6 is 11.6 Å². The van der Waals surface area contributed by atoms with Gasteiger partial charge in [0.25, 0.3) is 5.69 Å². The van der Waals surface area contributed by atoms with E-state index in [1.54, 1.807) is 6.07 Å². The van der Waals surface area contributed by atoms with Gasteiger partial charge < -0.3 is 9.47 Å². The van der Waals surface area contributed by atoms with Gasteiger partial charge in [0.2, 0.25) is 0 Å². The van der Waals surface area contributed by atoms with E-state index < -0.39 is 4.92 Å². The van der Waals surface area contributed by atoms with Crippen LogP contribution in [0, 0.1) is 10.1 Å². The Bertz CT molecular complexity index is 645. The Hall–Kier alpha value is -2.27. The summed E-state index contributed by atoms with van der Waals surface area (Å²) in [4.78, 5) is 10.4. The molecule has 0 saturated carbocycles. The lowest BCUT2D eigenvalue weighted by atomic mass is 10.2. The molecule has 0 unspecified atom stereocenters. The van der Waals surface area contributed by atoms with Gasteiger partial charge in [-0.3, -0.25) is 10.1 Å². The van der Waals surface area contributed by atoms with Gasteiger partial charge in [-0.15, -0.1) is 11.6 Å². The molecule has 0 aliphatic carbocycles. The summed E-state index contributed by atoms with van der Waals surface area (Å²) in [5, 5.41) is 10.9. The fourth-order valence-corrected chi connectivity index (χ4v) is 2.00. The van der Waals surface area contributed by atoms with Crippen molar-refractivity contribution in [3.05, 3.63) is 63.7 Å². The fraction of sp³-hybridized carbons (Fsp3) is 0.200. The third kappa shape index (κ3) is 4.10. The summed E-state index contributed by atoms with van der Waals surface area (Å²) in [6.45, 7) is 0.212. The maximum atomic E-state index is 10.9. The lowest BCUT2D eigenvalue weighted by Gasteiger charge is -2.08. The zero-order valence-electron chi connectivity index (χ0n) is 11.4. The summed E-state index contributed by atoms with van der Waals surface area (Å²) in [5.74, 6) is 1.50. The van der Waals surface area contributed by atoms with E-state index in [4.69, 9.17) is 21.1 Å². The second-order valence-corrected chi connectivity index (χ2v) is 4.63. The summed E-state index contributed by atoms with van der Waals surface area (Å²) in [6, 6.07) is 11.9. The molecular formula is C15H14ClNO4. The third-order valence-electron chi connectivity index (χ3n) is 2.86. The van der Waals surface area contributed by atoms with Crippen LogP contribution in [0.2, 0.25) is 0 Å². The molecule has 0 aliphatic heterocycles. The number of non-ortho nitro benzene ring substituents is 1. The van der Waals surface area contributed by atoms with Crippen LogP contribution in [0.5, 0.6) is 11.5 Å². The van der Waals surface area contributed by atoms with E-state index in [-0.39, 0.29) is 12.3 Å². The summed E-state index contributed by atoms with van der Waals surface area (Å²) >= 11 is 5.76. The van der Waals surface area contributed by atoms with Crippen LogP contribution in [0.3, 0.4) is 0 Å². The number of methoxy groups -OCH3 is 1. The molecule has 0 aliphatic rings. The number of rotatable bonds is 6. The number of nitrogens with zero attached hydrogens (tertiary/aromatic N) is 1. The lowest BCUT2D eigenvalue weighted by molar-refractivity contribution is -0.385. The molecule has 0 aromatic heterocycles. The molecule has 110 valence electrons. The molecule has 0 N–H and O–H groups in total. The number of hydrogen-bond donors (Lipinski definition) is 0. The average molecular weight is 308 g/mol. The molecule has 0 amide bonds. The summed E-state index contributed by atoms with van der Waals surface area (Å²) < 4.78 is 10.7. The van der Waals surface area contributed by atoms with Crippen LogP contribution in [0.15, 0.2) is 42.5 Å². The second-order valence-electron chi connectivity index (χ2n) is 4.37. The number of ether oxygens (including phenoxy) is 2. The number of nitro groups is 1.